The van der Waals surface area contributed by atoms with Gasteiger partial charge in [-0.05, 0) is 31.9 Å². The first kappa shape index (κ1) is 21.6. The molecule has 2 N–H and O–H groups in total. The highest BCUT2D eigenvalue weighted by molar-refractivity contribution is 7.15. The summed E-state index contributed by atoms with van der Waals surface area (Å²) in [7, 11) is 0. The summed E-state index contributed by atoms with van der Waals surface area (Å²) in [4.78, 5) is 34.4. The molecule has 2 heterocycles. The lowest BCUT2D eigenvalue weighted by molar-refractivity contribution is -0.116. The quantitative estimate of drug-likeness (QED) is 0.536. The van der Waals surface area contributed by atoms with E-state index in [-0.39, 0.29) is 24.8 Å². The topological polar surface area (TPSA) is 110 Å². The zero-order valence-corrected chi connectivity index (χ0v) is 18.1. The Balaban J connectivity index is 1.49. The van der Waals surface area contributed by atoms with Crippen LogP contribution in [0.2, 0.25) is 0 Å². The maximum Gasteiger partial charge on any atom is 0.251 e. The van der Waals surface area contributed by atoms with Crippen LogP contribution >= 0.6 is 11.3 Å². The number of rotatable bonds is 9. The van der Waals surface area contributed by atoms with E-state index < -0.39 is 0 Å². The van der Waals surface area contributed by atoms with Crippen molar-refractivity contribution in [3.8, 4) is 11.4 Å². The van der Waals surface area contributed by atoms with Gasteiger partial charge in [-0.25, -0.2) is 4.98 Å². The van der Waals surface area contributed by atoms with Crippen LogP contribution in [0, 0.1) is 13.8 Å². The van der Waals surface area contributed by atoms with E-state index in [9.17, 15) is 9.59 Å². The molecule has 0 unspecified atom stereocenters. The van der Waals surface area contributed by atoms with Crippen LogP contribution in [0.1, 0.15) is 53.0 Å². The van der Waals surface area contributed by atoms with Gasteiger partial charge in [0.25, 0.3) is 5.91 Å². The van der Waals surface area contributed by atoms with Crippen LogP contribution in [0.3, 0.4) is 0 Å². The third-order valence-electron chi connectivity index (χ3n) is 4.44. The minimum atomic E-state index is -0.267. The molecular weight excluding hydrogens is 402 g/mol. The average molecular weight is 428 g/mol. The maximum absolute atomic E-state index is 12.4. The van der Waals surface area contributed by atoms with Crippen LogP contribution in [0.25, 0.3) is 11.4 Å². The predicted octanol–water partition coefficient (Wildman–Crippen LogP) is 3.91. The Hall–Kier alpha value is -3.07. The second kappa shape index (κ2) is 10.1. The Kier molecular flexibility index (Phi) is 7.29. The molecule has 0 spiro atoms. The molecule has 158 valence electrons. The van der Waals surface area contributed by atoms with Crippen LogP contribution in [0.15, 0.2) is 28.8 Å². The molecule has 30 heavy (non-hydrogen) atoms. The molecule has 0 fully saturated rings. The fourth-order valence-corrected chi connectivity index (χ4v) is 3.86. The number of anilines is 1. The molecule has 0 aliphatic rings. The van der Waals surface area contributed by atoms with E-state index in [2.05, 4.69) is 32.7 Å². The Labute approximate surface area is 179 Å². The van der Waals surface area contributed by atoms with Crippen LogP contribution in [-0.4, -0.2) is 33.5 Å². The predicted molar refractivity (Wildman–Crippen MR) is 116 cm³/mol. The number of nitrogens with one attached hydrogen (secondary N) is 2. The van der Waals surface area contributed by atoms with Crippen molar-refractivity contribution >= 4 is 28.3 Å². The number of unbranched alkanes of at least 4 members (excludes halogenated alkanes) is 1. The fourth-order valence-electron chi connectivity index (χ4n) is 2.84. The first-order valence-corrected chi connectivity index (χ1v) is 10.7. The third kappa shape index (κ3) is 5.73. The second-order valence-electron chi connectivity index (χ2n) is 6.90. The van der Waals surface area contributed by atoms with Crippen molar-refractivity contribution in [1.82, 2.24) is 20.4 Å². The summed E-state index contributed by atoms with van der Waals surface area (Å²) in [6, 6.07) is 6.95. The van der Waals surface area contributed by atoms with Gasteiger partial charge in [-0.1, -0.05) is 30.6 Å². The molecule has 0 saturated heterocycles. The van der Waals surface area contributed by atoms with E-state index in [0.29, 0.717) is 28.0 Å². The third-order valence-corrected chi connectivity index (χ3v) is 5.58. The molecule has 0 saturated carbocycles. The Bertz CT molecular complexity index is 1030. The van der Waals surface area contributed by atoms with Crippen molar-refractivity contribution in [2.75, 3.05) is 11.9 Å². The summed E-state index contributed by atoms with van der Waals surface area (Å²) in [6.07, 6.45) is 3.37. The molecule has 1 aromatic carbocycles. The summed E-state index contributed by atoms with van der Waals surface area (Å²) in [5.74, 6) is 0.441. The number of hydrogen-bond donors (Lipinski definition) is 2. The van der Waals surface area contributed by atoms with Gasteiger partial charge in [0.2, 0.25) is 17.6 Å². The highest BCUT2D eigenvalue weighted by Gasteiger charge is 2.13. The molecule has 0 aliphatic heterocycles. The van der Waals surface area contributed by atoms with E-state index in [0.717, 1.165) is 25.0 Å². The molecule has 0 bridgehead atoms. The molecule has 8 nitrogen and oxygen atoms in total. The van der Waals surface area contributed by atoms with Gasteiger partial charge >= 0.3 is 0 Å². The minimum Gasteiger partial charge on any atom is -0.352 e. The summed E-state index contributed by atoms with van der Waals surface area (Å²) in [5, 5.41) is 10.0. The number of carbonyl (C=O) groups is 2. The molecule has 3 aromatic rings. The first-order valence-electron chi connectivity index (χ1n) is 9.91. The van der Waals surface area contributed by atoms with Crippen LogP contribution in [0.4, 0.5) is 5.13 Å². The number of hydrogen-bond acceptors (Lipinski definition) is 7. The van der Waals surface area contributed by atoms with E-state index in [1.54, 1.807) is 31.2 Å². The lowest BCUT2D eigenvalue weighted by atomic mass is 10.1. The van der Waals surface area contributed by atoms with Gasteiger partial charge in [-0.15, -0.1) is 11.3 Å². The highest BCUT2D eigenvalue weighted by Crippen LogP contribution is 2.24. The normalized spacial score (nSPS) is 10.8. The van der Waals surface area contributed by atoms with Gasteiger partial charge in [-0.3, -0.25) is 9.59 Å². The van der Waals surface area contributed by atoms with E-state index in [1.165, 1.54) is 16.2 Å². The van der Waals surface area contributed by atoms with Crippen molar-refractivity contribution in [3.05, 3.63) is 46.3 Å². The van der Waals surface area contributed by atoms with Crippen molar-refractivity contribution in [3.63, 3.8) is 0 Å². The average Bonchev–Trinajstić information content (AvgIpc) is 3.31. The monoisotopic (exact) mass is 427 g/mol. The zero-order chi connectivity index (χ0) is 21.5. The molecule has 2 aromatic heterocycles. The fraction of sp³-hybridized carbons (Fsp3) is 0.381. The molecule has 3 rings (SSSR count). The molecule has 0 aliphatic carbocycles. The molecule has 9 heteroatoms. The van der Waals surface area contributed by atoms with Crippen molar-refractivity contribution in [2.24, 2.45) is 0 Å². The van der Waals surface area contributed by atoms with E-state index in [4.69, 9.17) is 4.52 Å². The maximum atomic E-state index is 12.4. The lowest BCUT2D eigenvalue weighted by Gasteiger charge is -2.06. The standard InChI is InChI=1S/C21H25N5O3S/c1-4-5-9-17-13(2)23-21(30-17)25-18(27)10-11-22-20(28)16-8-6-7-15(12-16)19-24-14(3)29-26-19/h6-8,12H,4-5,9-11H2,1-3H3,(H,22,28)(H,23,25,27). The van der Waals surface area contributed by atoms with Gasteiger partial charge in [-0.2, -0.15) is 4.98 Å². The number of aryl methyl sites for hydroxylation is 3. The Morgan fingerprint density at radius 2 is 2.03 bits per heavy atom. The number of thiazole rings is 1. The van der Waals surface area contributed by atoms with Crippen LogP contribution in [0.5, 0.6) is 0 Å². The second-order valence-corrected chi connectivity index (χ2v) is 7.99. The van der Waals surface area contributed by atoms with Crippen molar-refractivity contribution in [1.29, 1.82) is 0 Å². The minimum absolute atomic E-state index is 0.165. The number of aromatic nitrogens is 3. The number of amides is 2. The molecular formula is C21H25N5O3S. The lowest BCUT2D eigenvalue weighted by Crippen LogP contribution is -2.27. The van der Waals surface area contributed by atoms with Gasteiger partial charge in [0, 0.05) is 35.9 Å². The molecule has 2 amide bonds. The van der Waals surface area contributed by atoms with Gasteiger partial charge < -0.3 is 15.2 Å². The van der Waals surface area contributed by atoms with Crippen molar-refractivity contribution < 1.29 is 14.1 Å². The summed E-state index contributed by atoms with van der Waals surface area (Å²) in [5.41, 5.74) is 2.12. The Morgan fingerprint density at radius 3 is 2.77 bits per heavy atom. The summed E-state index contributed by atoms with van der Waals surface area (Å²) in [6.45, 7) is 6.04. The first-order chi connectivity index (χ1) is 14.5. The largest absolute Gasteiger partial charge is 0.352 e. The molecule has 0 atom stereocenters. The smallest absolute Gasteiger partial charge is 0.251 e. The summed E-state index contributed by atoms with van der Waals surface area (Å²) < 4.78 is 4.98. The van der Waals surface area contributed by atoms with Crippen molar-refractivity contribution in [2.45, 2.75) is 46.5 Å². The van der Waals surface area contributed by atoms with E-state index >= 15 is 0 Å². The van der Waals surface area contributed by atoms with Gasteiger partial charge in [0.05, 0.1) is 5.69 Å². The SMILES string of the molecule is CCCCc1sc(NC(=O)CCNC(=O)c2cccc(-c3noc(C)n3)c2)nc1C. The molecule has 0 radical (unpaired) electrons. The van der Waals surface area contributed by atoms with E-state index in [1.807, 2.05) is 6.92 Å². The van der Waals surface area contributed by atoms with Crippen LogP contribution < -0.4 is 10.6 Å². The summed E-state index contributed by atoms with van der Waals surface area (Å²) >= 11 is 1.52. The highest BCUT2D eigenvalue weighted by atomic mass is 32.1. The Morgan fingerprint density at radius 1 is 1.20 bits per heavy atom. The number of benzene rings is 1. The number of nitrogens with zero attached hydrogens (tertiary/aromatic N) is 3. The van der Waals surface area contributed by atoms with Gasteiger partial charge in [0.15, 0.2) is 5.13 Å². The number of carbonyl (C=O) groups excluding carboxylic acids is 2. The van der Waals surface area contributed by atoms with Crippen LogP contribution in [-0.2, 0) is 11.2 Å². The zero-order valence-electron chi connectivity index (χ0n) is 17.3. The van der Waals surface area contributed by atoms with Gasteiger partial charge in [0.1, 0.15) is 0 Å².